The number of carbonyl (C=O) groups is 3. The molecule has 7 nitrogen and oxygen atoms in total. The van der Waals surface area contributed by atoms with Crippen LogP contribution >= 0.6 is 0 Å². The summed E-state index contributed by atoms with van der Waals surface area (Å²) in [4.78, 5) is 42.3. The van der Waals surface area contributed by atoms with Gasteiger partial charge in [0.25, 0.3) is 5.91 Å². The lowest BCUT2D eigenvalue weighted by molar-refractivity contribution is -0.127. The SMILES string of the molecule is CCCNC(=O)[C@H]1CN(CC(=O)c2[nH]c(C)c(C(C)=O)c2C)c2ccccc2O1. The molecular weight excluding hydrogens is 370 g/mol. The molecule has 0 saturated heterocycles. The molecule has 1 aromatic carbocycles. The topological polar surface area (TPSA) is 91.5 Å². The number of ether oxygens (including phenoxy) is 1. The third-order valence-corrected chi connectivity index (χ3v) is 5.11. The predicted octanol–water partition coefficient (Wildman–Crippen LogP) is 2.81. The molecule has 0 spiro atoms. The number of Topliss-reactive ketones (excluding diaryl/α,β-unsaturated/α-hetero) is 2. The van der Waals surface area contributed by atoms with E-state index in [4.69, 9.17) is 4.74 Å². The highest BCUT2D eigenvalue weighted by Crippen LogP contribution is 2.33. The van der Waals surface area contributed by atoms with Crippen LogP contribution in [0.25, 0.3) is 0 Å². The first kappa shape index (κ1) is 20.6. The van der Waals surface area contributed by atoms with Crippen molar-refractivity contribution in [3.8, 4) is 5.75 Å². The highest BCUT2D eigenvalue weighted by Gasteiger charge is 2.32. The first-order valence-electron chi connectivity index (χ1n) is 9.85. The number of hydrogen-bond acceptors (Lipinski definition) is 5. The van der Waals surface area contributed by atoms with E-state index in [1.54, 1.807) is 19.9 Å². The highest BCUT2D eigenvalue weighted by atomic mass is 16.5. The van der Waals surface area contributed by atoms with E-state index in [2.05, 4.69) is 10.3 Å². The molecule has 1 amide bonds. The van der Waals surface area contributed by atoms with Crippen molar-refractivity contribution in [1.29, 1.82) is 0 Å². The minimum absolute atomic E-state index is 0.0697. The molecule has 2 aromatic rings. The van der Waals surface area contributed by atoms with Gasteiger partial charge in [-0.25, -0.2) is 0 Å². The summed E-state index contributed by atoms with van der Waals surface area (Å²) in [6.45, 7) is 7.98. The molecule has 2 heterocycles. The molecule has 0 unspecified atom stereocenters. The fourth-order valence-electron chi connectivity index (χ4n) is 3.76. The summed E-state index contributed by atoms with van der Waals surface area (Å²) in [7, 11) is 0. The zero-order valence-corrected chi connectivity index (χ0v) is 17.3. The smallest absolute Gasteiger partial charge is 0.262 e. The monoisotopic (exact) mass is 397 g/mol. The Morgan fingerprint density at radius 2 is 1.97 bits per heavy atom. The van der Waals surface area contributed by atoms with Gasteiger partial charge >= 0.3 is 0 Å². The molecule has 154 valence electrons. The number of rotatable bonds is 7. The number of amides is 1. The van der Waals surface area contributed by atoms with E-state index in [0.29, 0.717) is 34.8 Å². The number of aromatic amines is 1. The van der Waals surface area contributed by atoms with E-state index < -0.39 is 6.10 Å². The number of anilines is 1. The average molecular weight is 397 g/mol. The van der Waals surface area contributed by atoms with Gasteiger partial charge < -0.3 is 19.9 Å². The van der Waals surface area contributed by atoms with Crippen LogP contribution in [0.1, 0.15) is 52.4 Å². The standard InChI is InChI=1S/C22H27N3O4/c1-5-10-23-22(28)19-12-25(16-8-6-7-9-18(16)29-19)11-17(27)21-13(2)20(15(4)26)14(3)24-21/h6-9,19,24H,5,10-12H2,1-4H3,(H,23,28)/t19-/m1/s1. The van der Waals surface area contributed by atoms with Gasteiger partial charge in [-0.3, -0.25) is 14.4 Å². The Bertz CT molecular complexity index is 948. The Balaban J connectivity index is 1.85. The van der Waals surface area contributed by atoms with Crippen molar-refractivity contribution in [2.45, 2.75) is 40.2 Å². The van der Waals surface area contributed by atoms with Gasteiger partial charge in [-0.2, -0.15) is 0 Å². The first-order chi connectivity index (χ1) is 13.8. The zero-order valence-electron chi connectivity index (χ0n) is 17.3. The number of nitrogens with zero attached hydrogens (tertiary/aromatic N) is 1. The Labute approximate surface area is 170 Å². The van der Waals surface area contributed by atoms with Crippen LogP contribution in [-0.4, -0.2) is 48.2 Å². The van der Waals surface area contributed by atoms with Crippen molar-refractivity contribution in [1.82, 2.24) is 10.3 Å². The Morgan fingerprint density at radius 3 is 2.62 bits per heavy atom. The molecule has 1 aromatic heterocycles. The molecule has 7 heteroatoms. The van der Waals surface area contributed by atoms with Crippen LogP contribution in [-0.2, 0) is 4.79 Å². The van der Waals surface area contributed by atoms with E-state index in [-0.39, 0.29) is 30.6 Å². The number of ketones is 2. The van der Waals surface area contributed by atoms with Crippen LogP contribution in [0, 0.1) is 13.8 Å². The first-order valence-corrected chi connectivity index (χ1v) is 9.85. The second-order valence-corrected chi connectivity index (χ2v) is 7.35. The van der Waals surface area contributed by atoms with E-state index in [1.807, 2.05) is 30.0 Å². The number of aromatic nitrogens is 1. The largest absolute Gasteiger partial charge is 0.477 e. The van der Waals surface area contributed by atoms with Gasteiger partial charge in [0, 0.05) is 17.8 Å². The number of benzene rings is 1. The van der Waals surface area contributed by atoms with Crippen molar-refractivity contribution in [3.63, 3.8) is 0 Å². The fourth-order valence-corrected chi connectivity index (χ4v) is 3.76. The van der Waals surface area contributed by atoms with E-state index in [0.717, 1.165) is 12.1 Å². The second-order valence-electron chi connectivity index (χ2n) is 7.35. The Kier molecular flexibility index (Phi) is 6.06. The van der Waals surface area contributed by atoms with Gasteiger partial charge in [0.15, 0.2) is 17.7 Å². The van der Waals surface area contributed by atoms with Crippen molar-refractivity contribution in [2.24, 2.45) is 0 Å². The summed E-state index contributed by atoms with van der Waals surface area (Å²) in [5.41, 5.74) is 3.13. The number of carbonyl (C=O) groups excluding carboxylic acids is 3. The number of para-hydroxylation sites is 2. The zero-order chi connectivity index (χ0) is 21.1. The minimum Gasteiger partial charge on any atom is -0.477 e. The molecule has 3 rings (SSSR count). The predicted molar refractivity (Wildman–Crippen MR) is 111 cm³/mol. The highest BCUT2D eigenvalue weighted by molar-refractivity contribution is 6.05. The summed E-state index contributed by atoms with van der Waals surface area (Å²) < 4.78 is 5.87. The summed E-state index contributed by atoms with van der Waals surface area (Å²) >= 11 is 0. The summed E-state index contributed by atoms with van der Waals surface area (Å²) in [5, 5.41) is 2.85. The summed E-state index contributed by atoms with van der Waals surface area (Å²) in [6.07, 6.45) is 0.143. The van der Waals surface area contributed by atoms with Gasteiger partial charge in [-0.05, 0) is 44.9 Å². The number of nitrogens with one attached hydrogen (secondary N) is 2. The molecule has 0 bridgehead atoms. The Morgan fingerprint density at radius 1 is 1.24 bits per heavy atom. The molecule has 0 aliphatic carbocycles. The van der Waals surface area contributed by atoms with E-state index in [1.165, 1.54) is 6.92 Å². The van der Waals surface area contributed by atoms with Gasteiger partial charge in [-0.1, -0.05) is 19.1 Å². The normalized spacial score (nSPS) is 15.4. The maximum absolute atomic E-state index is 13.1. The van der Waals surface area contributed by atoms with E-state index in [9.17, 15) is 14.4 Å². The number of fused-ring (bicyclic) bond motifs is 1. The third kappa shape index (κ3) is 4.18. The minimum atomic E-state index is -0.691. The lowest BCUT2D eigenvalue weighted by Crippen LogP contribution is -2.50. The van der Waals surface area contributed by atoms with Crippen molar-refractivity contribution < 1.29 is 19.1 Å². The maximum atomic E-state index is 13.1. The fraction of sp³-hybridized carbons (Fsp3) is 0.409. The van der Waals surface area contributed by atoms with Crippen LogP contribution in [0.5, 0.6) is 5.75 Å². The molecule has 29 heavy (non-hydrogen) atoms. The van der Waals surface area contributed by atoms with Gasteiger partial charge in [0.2, 0.25) is 0 Å². The quantitative estimate of drug-likeness (QED) is 0.701. The molecule has 0 saturated carbocycles. The van der Waals surface area contributed by atoms with Crippen LogP contribution in [0.3, 0.4) is 0 Å². The third-order valence-electron chi connectivity index (χ3n) is 5.11. The lowest BCUT2D eigenvalue weighted by atomic mass is 10.0. The van der Waals surface area contributed by atoms with Crippen molar-refractivity contribution in [3.05, 3.63) is 46.8 Å². The van der Waals surface area contributed by atoms with Gasteiger partial charge in [0.1, 0.15) is 5.75 Å². The van der Waals surface area contributed by atoms with Crippen LogP contribution in [0.4, 0.5) is 5.69 Å². The molecule has 1 atom stereocenters. The van der Waals surface area contributed by atoms with Crippen LogP contribution in [0.2, 0.25) is 0 Å². The molecule has 0 radical (unpaired) electrons. The average Bonchev–Trinajstić information content (AvgIpc) is 3.00. The lowest BCUT2D eigenvalue weighted by Gasteiger charge is -2.35. The molecular formula is C22H27N3O4. The molecule has 2 N–H and O–H groups in total. The molecule has 0 fully saturated rings. The van der Waals surface area contributed by atoms with Crippen molar-refractivity contribution >= 4 is 23.2 Å². The van der Waals surface area contributed by atoms with Gasteiger partial charge in [-0.15, -0.1) is 0 Å². The maximum Gasteiger partial charge on any atom is 0.262 e. The van der Waals surface area contributed by atoms with Crippen molar-refractivity contribution in [2.75, 3.05) is 24.5 Å². The molecule has 1 aliphatic rings. The molecule has 1 aliphatic heterocycles. The number of H-pyrrole nitrogens is 1. The van der Waals surface area contributed by atoms with Crippen LogP contribution in [0.15, 0.2) is 24.3 Å². The summed E-state index contributed by atoms with van der Waals surface area (Å²) in [5.74, 6) is 0.179. The van der Waals surface area contributed by atoms with Gasteiger partial charge in [0.05, 0.1) is 24.5 Å². The van der Waals surface area contributed by atoms with E-state index >= 15 is 0 Å². The Hall–Kier alpha value is -3.09. The number of aryl methyl sites for hydroxylation is 1. The number of hydrogen-bond donors (Lipinski definition) is 2. The summed E-state index contributed by atoms with van der Waals surface area (Å²) in [6, 6.07) is 7.37. The van der Waals surface area contributed by atoms with Crippen LogP contribution < -0.4 is 15.0 Å². The second kappa shape index (κ2) is 8.51.